The van der Waals surface area contributed by atoms with E-state index in [1.54, 1.807) is 17.1 Å². The Morgan fingerprint density at radius 3 is 2.75 bits per heavy atom. The van der Waals surface area contributed by atoms with Gasteiger partial charge in [0.15, 0.2) is 5.82 Å². The lowest BCUT2D eigenvalue weighted by Gasteiger charge is -2.00. The van der Waals surface area contributed by atoms with Gasteiger partial charge in [0.25, 0.3) is 0 Å². The van der Waals surface area contributed by atoms with Crippen LogP contribution < -0.4 is 11.1 Å². The number of rotatable bonds is 3. The number of aryl methyl sites for hydroxylation is 1. The lowest BCUT2D eigenvalue weighted by Crippen LogP contribution is -2.01. The number of halogens is 2. The molecule has 0 amide bonds. The van der Waals surface area contributed by atoms with E-state index in [-0.39, 0.29) is 24.8 Å². The first-order valence-corrected chi connectivity index (χ1v) is 4.31. The van der Waals surface area contributed by atoms with Gasteiger partial charge in [-0.15, -0.1) is 24.8 Å². The van der Waals surface area contributed by atoms with E-state index < -0.39 is 0 Å². The van der Waals surface area contributed by atoms with E-state index in [0.29, 0.717) is 18.1 Å². The minimum atomic E-state index is 0. The summed E-state index contributed by atoms with van der Waals surface area (Å²) in [5.74, 6) is 1.54. The Labute approximate surface area is 106 Å². The van der Waals surface area contributed by atoms with Gasteiger partial charge in [-0.3, -0.25) is 4.68 Å². The predicted octanol–water partition coefficient (Wildman–Crippen LogP) is 2.05. The molecular weight excluding hydrogens is 251 g/mol. The average Bonchev–Trinajstić information content (AvgIpc) is 2.72. The van der Waals surface area contributed by atoms with Gasteiger partial charge in [0.2, 0.25) is 0 Å². The van der Waals surface area contributed by atoms with Gasteiger partial charge in [-0.1, -0.05) is 0 Å². The second-order valence-corrected chi connectivity index (χ2v) is 3.04. The molecule has 0 bridgehead atoms. The summed E-state index contributed by atoms with van der Waals surface area (Å²) in [6, 6.07) is 3.74. The summed E-state index contributed by atoms with van der Waals surface area (Å²) in [6.07, 6.45) is 3.39. The van der Waals surface area contributed by atoms with Crippen LogP contribution in [0.15, 0.2) is 29.0 Å². The van der Waals surface area contributed by atoms with E-state index in [1.807, 2.05) is 19.2 Å². The molecule has 0 spiro atoms. The van der Waals surface area contributed by atoms with Crippen molar-refractivity contribution in [1.29, 1.82) is 0 Å². The lowest BCUT2D eigenvalue weighted by molar-refractivity contribution is 0.517. The van der Waals surface area contributed by atoms with Gasteiger partial charge in [0.05, 0.1) is 18.5 Å². The highest BCUT2D eigenvalue weighted by molar-refractivity contribution is 5.85. The molecule has 2 aromatic rings. The van der Waals surface area contributed by atoms with Crippen LogP contribution in [-0.2, 0) is 13.6 Å². The third-order valence-corrected chi connectivity index (χ3v) is 1.87. The highest BCUT2D eigenvalue weighted by Crippen LogP contribution is 2.15. The van der Waals surface area contributed by atoms with Gasteiger partial charge in [-0.05, 0) is 12.1 Å². The van der Waals surface area contributed by atoms with Crippen molar-refractivity contribution in [3.05, 3.63) is 30.4 Å². The van der Waals surface area contributed by atoms with Gasteiger partial charge < -0.3 is 15.5 Å². The molecule has 90 valence electrons. The third kappa shape index (κ3) is 3.36. The molecule has 2 heterocycles. The zero-order valence-corrected chi connectivity index (χ0v) is 10.3. The fourth-order valence-corrected chi connectivity index (χ4v) is 1.23. The van der Waals surface area contributed by atoms with E-state index in [2.05, 4.69) is 10.4 Å². The van der Waals surface area contributed by atoms with Gasteiger partial charge >= 0.3 is 0 Å². The zero-order chi connectivity index (χ0) is 9.97. The summed E-state index contributed by atoms with van der Waals surface area (Å²) in [5, 5.41) is 7.23. The summed E-state index contributed by atoms with van der Waals surface area (Å²) in [7, 11) is 1.83. The molecule has 2 aromatic heterocycles. The number of aromatic nitrogens is 2. The van der Waals surface area contributed by atoms with Crippen LogP contribution in [0.1, 0.15) is 5.76 Å². The molecule has 16 heavy (non-hydrogen) atoms. The maximum Gasteiger partial charge on any atom is 0.171 e. The quantitative estimate of drug-likeness (QED) is 0.891. The van der Waals surface area contributed by atoms with Crippen molar-refractivity contribution in [3.63, 3.8) is 0 Å². The number of furan rings is 1. The zero-order valence-electron chi connectivity index (χ0n) is 8.71. The minimum absolute atomic E-state index is 0. The number of anilines is 2. The highest BCUT2D eigenvalue weighted by atomic mass is 35.5. The second kappa shape index (κ2) is 6.30. The van der Waals surface area contributed by atoms with Crippen LogP contribution in [0.4, 0.5) is 11.5 Å². The van der Waals surface area contributed by atoms with Crippen LogP contribution in [0.25, 0.3) is 0 Å². The Kier molecular flexibility index (Phi) is 5.77. The number of nitrogens with one attached hydrogen (secondary N) is 1. The van der Waals surface area contributed by atoms with Crippen LogP contribution in [0.2, 0.25) is 0 Å². The van der Waals surface area contributed by atoms with Crippen molar-refractivity contribution in [2.75, 3.05) is 11.1 Å². The average molecular weight is 265 g/mol. The van der Waals surface area contributed by atoms with E-state index in [4.69, 9.17) is 10.2 Å². The molecule has 5 nitrogen and oxygen atoms in total. The van der Waals surface area contributed by atoms with Crippen molar-refractivity contribution in [2.45, 2.75) is 6.54 Å². The summed E-state index contributed by atoms with van der Waals surface area (Å²) >= 11 is 0. The summed E-state index contributed by atoms with van der Waals surface area (Å²) in [5.41, 5.74) is 6.34. The Hall–Kier alpha value is -1.33. The first-order valence-electron chi connectivity index (χ1n) is 4.31. The molecule has 0 aromatic carbocycles. The van der Waals surface area contributed by atoms with Gasteiger partial charge in [0, 0.05) is 13.2 Å². The van der Waals surface area contributed by atoms with E-state index in [1.165, 1.54) is 0 Å². The largest absolute Gasteiger partial charge is 0.467 e. The monoisotopic (exact) mass is 264 g/mol. The smallest absolute Gasteiger partial charge is 0.171 e. The molecule has 2 rings (SSSR count). The molecule has 0 saturated carbocycles. The molecule has 7 heteroatoms. The predicted molar refractivity (Wildman–Crippen MR) is 68.2 cm³/mol. The van der Waals surface area contributed by atoms with Gasteiger partial charge in [0.1, 0.15) is 5.76 Å². The summed E-state index contributed by atoms with van der Waals surface area (Å²) < 4.78 is 6.83. The molecule has 0 aliphatic rings. The Balaban J connectivity index is 0.00000112. The SMILES string of the molecule is Cl.Cl.Cn1cc(N)c(NCc2ccco2)n1. The number of hydrogen-bond donors (Lipinski definition) is 2. The van der Waals surface area contributed by atoms with Crippen LogP contribution in [0, 0.1) is 0 Å². The molecule has 3 N–H and O–H groups in total. The Morgan fingerprint density at radius 2 is 2.25 bits per heavy atom. The molecule has 0 aliphatic heterocycles. The number of hydrogen-bond acceptors (Lipinski definition) is 4. The van der Waals surface area contributed by atoms with Crippen LogP contribution in [-0.4, -0.2) is 9.78 Å². The first-order chi connectivity index (χ1) is 6.75. The molecule has 0 unspecified atom stereocenters. The molecule has 0 aliphatic carbocycles. The molecule has 0 radical (unpaired) electrons. The lowest BCUT2D eigenvalue weighted by atomic mass is 10.4. The molecule has 0 saturated heterocycles. The van der Waals surface area contributed by atoms with Gasteiger partial charge in [-0.2, -0.15) is 5.10 Å². The van der Waals surface area contributed by atoms with E-state index in [9.17, 15) is 0 Å². The maximum absolute atomic E-state index is 5.70. The fraction of sp³-hybridized carbons (Fsp3) is 0.222. The molecule has 0 atom stereocenters. The Morgan fingerprint density at radius 1 is 1.50 bits per heavy atom. The van der Waals surface area contributed by atoms with Crippen molar-refractivity contribution < 1.29 is 4.42 Å². The summed E-state index contributed by atoms with van der Waals surface area (Å²) in [6.45, 7) is 0.591. The van der Waals surface area contributed by atoms with Crippen molar-refractivity contribution >= 4 is 36.3 Å². The highest BCUT2D eigenvalue weighted by Gasteiger charge is 2.03. The topological polar surface area (TPSA) is 69.0 Å². The standard InChI is InChI=1S/C9H12N4O.2ClH/c1-13-6-8(10)9(12-13)11-5-7-3-2-4-14-7;;/h2-4,6H,5,10H2,1H3,(H,11,12);2*1H. The molecule has 0 fully saturated rings. The number of nitrogens with two attached hydrogens (primary N) is 1. The van der Waals surface area contributed by atoms with E-state index in [0.717, 1.165) is 5.76 Å². The second-order valence-electron chi connectivity index (χ2n) is 3.04. The van der Waals surface area contributed by atoms with E-state index >= 15 is 0 Å². The first kappa shape index (κ1) is 14.7. The van der Waals surface area contributed by atoms with Crippen molar-refractivity contribution in [1.82, 2.24) is 9.78 Å². The Bertz CT molecular complexity index is 413. The molecular formula is C9H14Cl2N4O. The maximum atomic E-state index is 5.70. The minimum Gasteiger partial charge on any atom is -0.467 e. The normalized spacial score (nSPS) is 9.06. The van der Waals surface area contributed by atoms with Gasteiger partial charge in [-0.25, -0.2) is 0 Å². The number of nitrogens with zero attached hydrogens (tertiary/aromatic N) is 2. The number of nitrogen functional groups attached to an aromatic ring is 1. The third-order valence-electron chi connectivity index (χ3n) is 1.87. The van der Waals surface area contributed by atoms with Crippen LogP contribution >= 0.6 is 24.8 Å². The van der Waals surface area contributed by atoms with Crippen molar-refractivity contribution in [2.24, 2.45) is 7.05 Å². The fourth-order valence-electron chi connectivity index (χ4n) is 1.23. The summed E-state index contributed by atoms with van der Waals surface area (Å²) in [4.78, 5) is 0. The van der Waals surface area contributed by atoms with Crippen LogP contribution in [0.5, 0.6) is 0 Å². The van der Waals surface area contributed by atoms with Crippen LogP contribution in [0.3, 0.4) is 0 Å². The van der Waals surface area contributed by atoms with Crippen molar-refractivity contribution in [3.8, 4) is 0 Å².